The Morgan fingerprint density at radius 2 is 1.57 bits per heavy atom. The minimum Gasteiger partial charge on any atom is -0.324 e. The average Bonchev–Trinajstić information content (AvgIpc) is 2.99. The number of carbonyl (C=O) groups is 3. The molecule has 6 nitrogen and oxygen atoms in total. The highest BCUT2D eigenvalue weighted by molar-refractivity contribution is 8.00. The topological polar surface area (TPSA) is 87.3 Å². The second kappa shape index (κ2) is 14.3. The van der Waals surface area contributed by atoms with Gasteiger partial charge in [0.2, 0.25) is 5.91 Å². The van der Waals surface area contributed by atoms with Crippen LogP contribution in [0.4, 0.5) is 24.5 Å². The molecule has 1 atom stereocenters. The van der Waals surface area contributed by atoms with E-state index in [2.05, 4.69) is 16.0 Å². The van der Waals surface area contributed by atoms with E-state index in [0.717, 1.165) is 41.1 Å². The Morgan fingerprint density at radius 1 is 0.864 bits per heavy atom. The first kappa shape index (κ1) is 32.4. The zero-order valence-corrected chi connectivity index (χ0v) is 25.1. The number of hydrogen-bond acceptors (Lipinski definition) is 4. The number of aryl methyl sites for hydroxylation is 1. The molecule has 0 aliphatic rings. The number of alkyl halides is 3. The molecule has 0 heterocycles. The first-order chi connectivity index (χ1) is 20.9. The van der Waals surface area contributed by atoms with Crippen LogP contribution in [0.1, 0.15) is 34.0 Å². The molecule has 0 saturated heterocycles. The van der Waals surface area contributed by atoms with Gasteiger partial charge < -0.3 is 16.0 Å². The predicted molar refractivity (Wildman–Crippen MR) is 169 cm³/mol. The summed E-state index contributed by atoms with van der Waals surface area (Å²) in [4.78, 5) is 39.7. The fourth-order valence-corrected chi connectivity index (χ4v) is 5.07. The van der Waals surface area contributed by atoms with E-state index in [1.165, 1.54) is 0 Å². The number of benzene rings is 4. The molecule has 4 aromatic rings. The third kappa shape index (κ3) is 8.75. The van der Waals surface area contributed by atoms with Gasteiger partial charge in [0.15, 0.2) is 0 Å². The van der Waals surface area contributed by atoms with Gasteiger partial charge in [-0.1, -0.05) is 60.1 Å². The van der Waals surface area contributed by atoms with Crippen molar-refractivity contribution in [2.24, 2.45) is 0 Å². The number of rotatable bonds is 9. The molecule has 0 aliphatic heterocycles. The highest BCUT2D eigenvalue weighted by Gasteiger charge is 2.31. The van der Waals surface area contributed by atoms with Gasteiger partial charge >= 0.3 is 6.18 Å². The van der Waals surface area contributed by atoms with Crippen LogP contribution < -0.4 is 16.0 Å². The standard InChI is InChI=1S/C33H27ClF3N3O3S/c1-20-9-6-7-12-23(20)17-29(40-31(42)22-10-4-3-5-11-22)32(43)38-25-13-8-14-26(19-25)44-21(2)30(41)39-28-18-24(33(35,36)37)15-16-27(28)34/h3-19,21H,1-2H3,(H,38,43)(H,39,41)(H,40,42)/b29-17-. The molecule has 4 rings (SSSR count). The highest BCUT2D eigenvalue weighted by Crippen LogP contribution is 2.34. The van der Waals surface area contributed by atoms with Gasteiger partial charge in [-0.25, -0.2) is 0 Å². The lowest BCUT2D eigenvalue weighted by atomic mass is 10.1. The number of thioether (sulfide) groups is 1. The van der Waals surface area contributed by atoms with E-state index in [0.29, 0.717) is 16.1 Å². The molecule has 3 amide bonds. The van der Waals surface area contributed by atoms with Crippen molar-refractivity contribution in [3.05, 3.63) is 130 Å². The molecule has 0 aliphatic carbocycles. The van der Waals surface area contributed by atoms with Gasteiger partial charge in [0.05, 0.1) is 21.5 Å². The molecule has 0 fully saturated rings. The van der Waals surface area contributed by atoms with Crippen LogP contribution >= 0.6 is 23.4 Å². The van der Waals surface area contributed by atoms with Crippen molar-refractivity contribution >= 4 is 58.5 Å². The monoisotopic (exact) mass is 637 g/mol. The van der Waals surface area contributed by atoms with E-state index in [1.54, 1.807) is 67.6 Å². The number of carbonyl (C=O) groups excluding carboxylic acids is 3. The summed E-state index contributed by atoms with van der Waals surface area (Å²) in [5.74, 6) is -1.58. The van der Waals surface area contributed by atoms with Crippen LogP contribution in [0, 0.1) is 6.92 Å². The van der Waals surface area contributed by atoms with Crippen LogP contribution in [-0.2, 0) is 15.8 Å². The Bertz CT molecular complexity index is 1710. The van der Waals surface area contributed by atoms with Gasteiger partial charge in [-0.05, 0) is 79.6 Å². The molecule has 0 saturated carbocycles. The van der Waals surface area contributed by atoms with Crippen molar-refractivity contribution < 1.29 is 27.6 Å². The van der Waals surface area contributed by atoms with Gasteiger partial charge in [-0.3, -0.25) is 14.4 Å². The van der Waals surface area contributed by atoms with Crippen molar-refractivity contribution in [2.45, 2.75) is 30.2 Å². The molecule has 1 unspecified atom stereocenters. The molecule has 0 aromatic heterocycles. The minimum absolute atomic E-state index is 0.0249. The second-order valence-corrected chi connectivity index (χ2v) is 11.5. The van der Waals surface area contributed by atoms with Crippen molar-refractivity contribution in [1.82, 2.24) is 5.32 Å². The largest absolute Gasteiger partial charge is 0.416 e. The average molecular weight is 638 g/mol. The maximum absolute atomic E-state index is 13.4. The van der Waals surface area contributed by atoms with Crippen LogP contribution in [-0.4, -0.2) is 23.0 Å². The summed E-state index contributed by atoms with van der Waals surface area (Å²) >= 11 is 7.15. The fraction of sp³-hybridized carbons (Fsp3) is 0.121. The fourth-order valence-electron chi connectivity index (χ4n) is 3.98. The van der Waals surface area contributed by atoms with E-state index in [1.807, 2.05) is 31.2 Å². The Kier molecular flexibility index (Phi) is 10.5. The van der Waals surface area contributed by atoms with E-state index >= 15 is 0 Å². The summed E-state index contributed by atoms with van der Waals surface area (Å²) in [6, 6.07) is 25.3. The molecule has 226 valence electrons. The van der Waals surface area contributed by atoms with Crippen LogP contribution in [0.3, 0.4) is 0 Å². The quantitative estimate of drug-likeness (QED) is 0.128. The number of amides is 3. The van der Waals surface area contributed by atoms with Gasteiger partial charge in [-0.15, -0.1) is 11.8 Å². The molecule has 3 N–H and O–H groups in total. The summed E-state index contributed by atoms with van der Waals surface area (Å²) in [5, 5.41) is 7.19. The third-order valence-corrected chi connectivity index (χ3v) is 7.77. The smallest absolute Gasteiger partial charge is 0.324 e. The maximum Gasteiger partial charge on any atom is 0.416 e. The Morgan fingerprint density at radius 3 is 2.27 bits per heavy atom. The number of nitrogens with one attached hydrogen (secondary N) is 3. The first-order valence-corrected chi connectivity index (χ1v) is 14.6. The zero-order valence-electron chi connectivity index (χ0n) is 23.5. The lowest BCUT2D eigenvalue weighted by Crippen LogP contribution is -2.30. The molecular formula is C33H27ClF3N3O3S. The van der Waals surface area contributed by atoms with Crippen LogP contribution in [0.15, 0.2) is 108 Å². The van der Waals surface area contributed by atoms with Gasteiger partial charge in [0.25, 0.3) is 11.8 Å². The molecule has 44 heavy (non-hydrogen) atoms. The lowest BCUT2D eigenvalue weighted by Gasteiger charge is -2.16. The number of halogens is 4. The normalized spacial score (nSPS) is 12.3. The number of hydrogen-bond donors (Lipinski definition) is 3. The zero-order chi connectivity index (χ0) is 31.9. The summed E-state index contributed by atoms with van der Waals surface area (Å²) in [6.07, 6.45) is -3.00. The molecule has 11 heteroatoms. The van der Waals surface area contributed by atoms with Crippen molar-refractivity contribution in [3.63, 3.8) is 0 Å². The minimum atomic E-state index is -4.59. The summed E-state index contributed by atoms with van der Waals surface area (Å²) in [5.41, 5.74) is 1.38. The lowest BCUT2D eigenvalue weighted by molar-refractivity contribution is -0.137. The Balaban J connectivity index is 1.48. The van der Waals surface area contributed by atoms with Crippen LogP contribution in [0.5, 0.6) is 0 Å². The van der Waals surface area contributed by atoms with Gasteiger partial charge in [-0.2, -0.15) is 13.2 Å². The Labute approximate surface area is 261 Å². The second-order valence-electron chi connectivity index (χ2n) is 9.66. The molecule has 0 radical (unpaired) electrons. The third-order valence-electron chi connectivity index (χ3n) is 6.34. The van der Waals surface area contributed by atoms with E-state index < -0.39 is 34.7 Å². The predicted octanol–water partition coefficient (Wildman–Crippen LogP) is 8.20. The molecule has 4 aromatic carbocycles. The Hall–Kier alpha value is -4.54. The van der Waals surface area contributed by atoms with Crippen molar-refractivity contribution in [3.8, 4) is 0 Å². The van der Waals surface area contributed by atoms with Gasteiger partial charge in [0.1, 0.15) is 5.70 Å². The van der Waals surface area contributed by atoms with E-state index in [4.69, 9.17) is 11.6 Å². The summed E-state index contributed by atoms with van der Waals surface area (Å²) in [6.45, 7) is 3.48. The molecule has 0 spiro atoms. The van der Waals surface area contributed by atoms with E-state index in [9.17, 15) is 27.6 Å². The van der Waals surface area contributed by atoms with Gasteiger partial charge in [0, 0.05) is 16.1 Å². The summed E-state index contributed by atoms with van der Waals surface area (Å²) < 4.78 is 39.3. The molecular weight excluding hydrogens is 611 g/mol. The van der Waals surface area contributed by atoms with Crippen molar-refractivity contribution in [2.75, 3.05) is 10.6 Å². The van der Waals surface area contributed by atoms with E-state index in [-0.39, 0.29) is 16.4 Å². The first-order valence-electron chi connectivity index (χ1n) is 13.3. The SMILES string of the molecule is Cc1ccccc1/C=C(\NC(=O)c1ccccc1)C(=O)Nc1cccc(SC(C)C(=O)Nc2cc(C(F)(F)F)ccc2Cl)c1. The highest BCUT2D eigenvalue weighted by atomic mass is 35.5. The van der Waals surface area contributed by atoms with Crippen LogP contribution in [0.2, 0.25) is 5.02 Å². The summed E-state index contributed by atoms with van der Waals surface area (Å²) in [7, 11) is 0. The van der Waals surface area contributed by atoms with Crippen LogP contribution in [0.25, 0.3) is 6.08 Å². The maximum atomic E-state index is 13.4. The molecule has 0 bridgehead atoms. The van der Waals surface area contributed by atoms with Crippen molar-refractivity contribution in [1.29, 1.82) is 0 Å². The number of anilines is 2.